The van der Waals surface area contributed by atoms with Crippen molar-refractivity contribution in [1.82, 2.24) is 0 Å². The molecule has 31 heavy (non-hydrogen) atoms. The minimum Gasteiger partial charge on any atom is -0.483 e. The average molecular weight is 503 g/mol. The molecule has 0 atom stereocenters. The molecule has 162 valence electrons. The van der Waals surface area contributed by atoms with Crippen LogP contribution in [0.15, 0.2) is 70.0 Å². The highest BCUT2D eigenvalue weighted by Gasteiger charge is 2.16. The topological polar surface area (TPSA) is 84.5 Å². The molecule has 3 aromatic carbocycles. The molecule has 0 unspecified atom stereocenters. The van der Waals surface area contributed by atoms with Gasteiger partial charge in [-0.3, -0.25) is 9.52 Å². The maximum Gasteiger partial charge on any atom is 0.262 e. The van der Waals surface area contributed by atoms with Crippen molar-refractivity contribution >= 4 is 43.2 Å². The molecule has 8 heteroatoms. The molecule has 0 aliphatic heterocycles. The van der Waals surface area contributed by atoms with Crippen LogP contribution in [0.5, 0.6) is 5.75 Å². The summed E-state index contributed by atoms with van der Waals surface area (Å²) in [5.74, 6) is 0.281. The van der Waals surface area contributed by atoms with E-state index in [1.54, 1.807) is 18.2 Å². The van der Waals surface area contributed by atoms with Crippen molar-refractivity contribution < 1.29 is 17.9 Å². The Balaban J connectivity index is 1.63. The number of sulfonamides is 1. The monoisotopic (exact) mass is 502 g/mol. The van der Waals surface area contributed by atoms with E-state index < -0.39 is 10.0 Å². The van der Waals surface area contributed by atoms with E-state index in [2.05, 4.69) is 26.0 Å². The lowest BCUT2D eigenvalue weighted by Gasteiger charge is -2.14. The number of nitrogens with one attached hydrogen (secondary N) is 2. The number of aryl methyl sites for hydroxylation is 3. The van der Waals surface area contributed by atoms with Crippen molar-refractivity contribution in [2.75, 3.05) is 16.6 Å². The van der Waals surface area contributed by atoms with Crippen LogP contribution in [0, 0.1) is 20.8 Å². The molecule has 2 N–H and O–H groups in total. The molecule has 3 aromatic rings. The fourth-order valence-corrected chi connectivity index (χ4v) is 4.68. The fraction of sp³-hybridized carbons (Fsp3) is 0.174. The number of benzene rings is 3. The van der Waals surface area contributed by atoms with Gasteiger partial charge in [0.05, 0.1) is 10.6 Å². The largest absolute Gasteiger partial charge is 0.483 e. The number of amides is 1. The van der Waals surface area contributed by atoms with Gasteiger partial charge in [0.2, 0.25) is 0 Å². The second kappa shape index (κ2) is 9.53. The van der Waals surface area contributed by atoms with Gasteiger partial charge in [0, 0.05) is 10.2 Å². The van der Waals surface area contributed by atoms with E-state index in [4.69, 9.17) is 4.74 Å². The molecule has 0 bridgehead atoms. The molecule has 0 saturated carbocycles. The molecule has 0 radical (unpaired) electrons. The lowest BCUT2D eigenvalue weighted by molar-refractivity contribution is -0.118. The number of carbonyl (C=O) groups is 1. The third-order valence-electron chi connectivity index (χ3n) is 4.66. The van der Waals surface area contributed by atoms with Gasteiger partial charge in [-0.05, 0) is 79.9 Å². The molecule has 0 heterocycles. The van der Waals surface area contributed by atoms with Gasteiger partial charge in [0.15, 0.2) is 6.61 Å². The number of hydrogen-bond acceptors (Lipinski definition) is 4. The van der Waals surface area contributed by atoms with Crippen LogP contribution in [0.2, 0.25) is 0 Å². The van der Waals surface area contributed by atoms with Crippen molar-refractivity contribution in [3.63, 3.8) is 0 Å². The molecule has 0 aromatic heterocycles. The van der Waals surface area contributed by atoms with Crippen LogP contribution in [0.1, 0.15) is 16.7 Å². The van der Waals surface area contributed by atoms with E-state index in [0.29, 0.717) is 17.1 Å². The lowest BCUT2D eigenvalue weighted by Crippen LogP contribution is -2.20. The lowest BCUT2D eigenvalue weighted by atomic mass is 10.1. The molecule has 1 amide bonds. The van der Waals surface area contributed by atoms with Crippen LogP contribution in [-0.2, 0) is 14.8 Å². The number of anilines is 2. The molecule has 0 aliphatic rings. The van der Waals surface area contributed by atoms with Crippen molar-refractivity contribution in [2.24, 2.45) is 0 Å². The maximum atomic E-state index is 12.7. The maximum absolute atomic E-state index is 12.7. The number of para-hydroxylation sites is 1. The number of hydrogen-bond donors (Lipinski definition) is 2. The second-order valence-corrected chi connectivity index (χ2v) is 9.74. The molecule has 0 saturated heterocycles. The summed E-state index contributed by atoms with van der Waals surface area (Å²) in [6.07, 6.45) is 0. The Bertz CT molecular complexity index is 1190. The molecule has 0 aliphatic carbocycles. The first kappa shape index (κ1) is 22.8. The van der Waals surface area contributed by atoms with Crippen LogP contribution in [0.3, 0.4) is 0 Å². The van der Waals surface area contributed by atoms with Crippen molar-refractivity contribution in [3.05, 3.63) is 81.8 Å². The highest BCUT2D eigenvalue weighted by molar-refractivity contribution is 9.10. The Hall–Kier alpha value is -2.84. The van der Waals surface area contributed by atoms with Crippen LogP contribution in [0.4, 0.5) is 11.4 Å². The van der Waals surface area contributed by atoms with Gasteiger partial charge in [-0.25, -0.2) is 8.42 Å². The average Bonchev–Trinajstić information content (AvgIpc) is 2.71. The predicted molar refractivity (Wildman–Crippen MR) is 126 cm³/mol. The number of rotatable bonds is 7. The van der Waals surface area contributed by atoms with E-state index in [0.717, 1.165) is 21.2 Å². The first-order valence-electron chi connectivity index (χ1n) is 9.53. The Labute approximate surface area is 190 Å². The highest BCUT2D eigenvalue weighted by Crippen LogP contribution is 2.24. The Morgan fingerprint density at radius 3 is 2.19 bits per heavy atom. The smallest absolute Gasteiger partial charge is 0.262 e. The zero-order valence-corrected chi connectivity index (χ0v) is 19.8. The zero-order chi connectivity index (χ0) is 22.6. The summed E-state index contributed by atoms with van der Waals surface area (Å²) in [5, 5.41) is 2.70. The first-order chi connectivity index (χ1) is 14.7. The Morgan fingerprint density at radius 1 is 0.935 bits per heavy atom. The molecular weight excluding hydrogens is 480 g/mol. The third-order valence-corrected chi connectivity index (χ3v) is 6.52. The van der Waals surface area contributed by atoms with E-state index in [1.165, 1.54) is 12.1 Å². The Morgan fingerprint density at radius 2 is 1.58 bits per heavy atom. The summed E-state index contributed by atoms with van der Waals surface area (Å²) in [7, 11) is -3.75. The van der Waals surface area contributed by atoms with E-state index in [1.807, 2.05) is 51.1 Å². The molecule has 0 spiro atoms. The molecule has 6 nitrogen and oxygen atoms in total. The van der Waals surface area contributed by atoms with Crippen LogP contribution >= 0.6 is 15.9 Å². The SMILES string of the molecule is Cc1cc(Br)ccc1OCC(=O)Nc1ccc(S(=O)(=O)Nc2c(C)cccc2C)cc1. The van der Waals surface area contributed by atoms with Crippen molar-refractivity contribution in [2.45, 2.75) is 25.7 Å². The minimum absolute atomic E-state index is 0.106. The van der Waals surface area contributed by atoms with Crippen molar-refractivity contribution in [3.8, 4) is 5.75 Å². The summed E-state index contributed by atoms with van der Waals surface area (Å²) in [6, 6.07) is 17.1. The van der Waals surface area contributed by atoms with Gasteiger partial charge < -0.3 is 10.1 Å². The van der Waals surface area contributed by atoms with Gasteiger partial charge in [-0.2, -0.15) is 0 Å². The summed E-state index contributed by atoms with van der Waals surface area (Å²) in [6.45, 7) is 5.43. The van der Waals surface area contributed by atoms with Crippen molar-refractivity contribution in [1.29, 1.82) is 0 Å². The minimum atomic E-state index is -3.75. The number of halogens is 1. The van der Waals surface area contributed by atoms with Gasteiger partial charge >= 0.3 is 0 Å². The number of carbonyl (C=O) groups excluding carboxylic acids is 1. The molecule has 3 rings (SSSR count). The quantitative estimate of drug-likeness (QED) is 0.465. The summed E-state index contributed by atoms with van der Waals surface area (Å²) < 4.78 is 34.6. The van der Waals surface area contributed by atoms with Gasteiger partial charge in [-0.1, -0.05) is 34.1 Å². The van der Waals surface area contributed by atoms with Crippen LogP contribution in [-0.4, -0.2) is 20.9 Å². The molecule has 0 fully saturated rings. The second-order valence-electron chi connectivity index (χ2n) is 7.14. The zero-order valence-electron chi connectivity index (χ0n) is 17.4. The fourth-order valence-electron chi connectivity index (χ4n) is 3.00. The Kier molecular flexibility index (Phi) is 7.02. The predicted octanol–water partition coefficient (Wildman–Crippen LogP) is 5.19. The highest BCUT2D eigenvalue weighted by atomic mass is 79.9. The normalized spacial score (nSPS) is 11.1. The van der Waals surface area contributed by atoms with Gasteiger partial charge in [-0.15, -0.1) is 0 Å². The van der Waals surface area contributed by atoms with E-state index in [-0.39, 0.29) is 17.4 Å². The van der Waals surface area contributed by atoms with Crippen LogP contribution < -0.4 is 14.8 Å². The summed E-state index contributed by atoms with van der Waals surface area (Å²) in [5.41, 5.74) is 3.64. The van der Waals surface area contributed by atoms with E-state index >= 15 is 0 Å². The van der Waals surface area contributed by atoms with E-state index in [9.17, 15) is 13.2 Å². The first-order valence-corrected chi connectivity index (χ1v) is 11.8. The third kappa shape index (κ3) is 5.86. The molecular formula is C23H23BrN2O4S. The van der Waals surface area contributed by atoms with Gasteiger partial charge in [0.25, 0.3) is 15.9 Å². The standard InChI is InChI=1S/C23H23BrN2O4S/c1-15-5-4-6-16(2)23(15)26-31(28,29)20-10-8-19(9-11-20)25-22(27)14-30-21-12-7-18(24)13-17(21)3/h4-13,26H,14H2,1-3H3,(H,25,27). The number of ether oxygens (including phenoxy) is 1. The summed E-state index contributed by atoms with van der Waals surface area (Å²) in [4.78, 5) is 12.3. The summed E-state index contributed by atoms with van der Waals surface area (Å²) >= 11 is 3.38. The van der Waals surface area contributed by atoms with Crippen LogP contribution in [0.25, 0.3) is 0 Å². The van der Waals surface area contributed by atoms with Gasteiger partial charge in [0.1, 0.15) is 5.75 Å².